The Labute approximate surface area is 95.4 Å². The van der Waals surface area contributed by atoms with Crippen LogP contribution in [-0.4, -0.2) is 51.6 Å². The summed E-state index contributed by atoms with van der Waals surface area (Å²) in [5.41, 5.74) is 0. The Morgan fingerprint density at radius 3 is 3.06 bits per heavy atom. The molecule has 5 heteroatoms. The van der Waals surface area contributed by atoms with E-state index in [9.17, 15) is 4.79 Å². The van der Waals surface area contributed by atoms with Gasteiger partial charge >= 0.3 is 5.97 Å². The van der Waals surface area contributed by atoms with Gasteiger partial charge in [-0.1, -0.05) is 0 Å². The zero-order valence-corrected chi connectivity index (χ0v) is 9.61. The number of carbonyl (C=O) groups is 1. The Kier molecular flexibility index (Phi) is 4.15. The van der Waals surface area contributed by atoms with E-state index >= 15 is 0 Å². The fourth-order valence-corrected chi connectivity index (χ4v) is 2.13. The first-order valence-electron chi connectivity index (χ1n) is 5.84. The van der Waals surface area contributed by atoms with E-state index in [2.05, 4.69) is 5.32 Å². The molecule has 0 aromatic heterocycles. The minimum Gasteiger partial charge on any atom is -0.463 e. The summed E-state index contributed by atoms with van der Waals surface area (Å²) in [6.45, 7) is 2.20. The Balaban J connectivity index is 1.74. The standard InChI is InChI=1S/C11H19NO4/c1-12-10-7-14-6-9(10)11(13)16-5-8-3-2-4-15-8/h8-10,12H,2-7H2,1H3. The maximum absolute atomic E-state index is 11.8. The predicted octanol–water partition coefficient (Wildman–Crippen LogP) is -0.0570. The molecule has 0 amide bonds. The molecule has 92 valence electrons. The van der Waals surface area contributed by atoms with Gasteiger partial charge in [-0.2, -0.15) is 0 Å². The van der Waals surface area contributed by atoms with E-state index < -0.39 is 0 Å². The lowest BCUT2D eigenvalue weighted by Crippen LogP contribution is -2.38. The Hall–Kier alpha value is -0.650. The molecule has 2 aliphatic rings. The molecule has 2 aliphatic heterocycles. The van der Waals surface area contributed by atoms with E-state index in [1.54, 1.807) is 0 Å². The van der Waals surface area contributed by atoms with Crippen molar-refractivity contribution >= 4 is 5.97 Å². The normalized spacial score (nSPS) is 34.2. The summed E-state index contributed by atoms with van der Waals surface area (Å²) in [6.07, 6.45) is 2.15. The van der Waals surface area contributed by atoms with Gasteiger partial charge < -0.3 is 19.5 Å². The molecule has 2 fully saturated rings. The van der Waals surface area contributed by atoms with Crippen LogP contribution in [0.3, 0.4) is 0 Å². The van der Waals surface area contributed by atoms with Crippen molar-refractivity contribution in [3.63, 3.8) is 0 Å². The van der Waals surface area contributed by atoms with Gasteiger partial charge in [-0.3, -0.25) is 4.79 Å². The third-order valence-corrected chi connectivity index (χ3v) is 3.19. The van der Waals surface area contributed by atoms with Crippen LogP contribution in [0.15, 0.2) is 0 Å². The van der Waals surface area contributed by atoms with E-state index in [4.69, 9.17) is 14.2 Å². The summed E-state index contributed by atoms with van der Waals surface area (Å²) >= 11 is 0. The molecule has 0 radical (unpaired) electrons. The van der Waals surface area contributed by atoms with Gasteiger partial charge in [0.25, 0.3) is 0 Å². The molecule has 0 aromatic carbocycles. The van der Waals surface area contributed by atoms with Gasteiger partial charge in [0, 0.05) is 12.6 Å². The molecule has 5 nitrogen and oxygen atoms in total. The number of nitrogens with one attached hydrogen (secondary N) is 1. The first-order valence-corrected chi connectivity index (χ1v) is 5.84. The Morgan fingerprint density at radius 2 is 2.38 bits per heavy atom. The lowest BCUT2D eigenvalue weighted by Gasteiger charge is -2.17. The van der Waals surface area contributed by atoms with Crippen molar-refractivity contribution < 1.29 is 19.0 Å². The monoisotopic (exact) mass is 229 g/mol. The van der Waals surface area contributed by atoms with Crippen molar-refractivity contribution in [1.82, 2.24) is 5.32 Å². The highest BCUT2D eigenvalue weighted by Crippen LogP contribution is 2.17. The van der Waals surface area contributed by atoms with Crippen LogP contribution in [0.2, 0.25) is 0 Å². The summed E-state index contributed by atoms with van der Waals surface area (Å²) in [7, 11) is 1.83. The minimum absolute atomic E-state index is 0.0806. The van der Waals surface area contributed by atoms with Gasteiger partial charge in [-0.05, 0) is 19.9 Å². The molecular weight excluding hydrogens is 210 g/mol. The average Bonchev–Trinajstić information content (AvgIpc) is 2.96. The molecule has 0 aromatic rings. The number of hydrogen-bond donors (Lipinski definition) is 1. The maximum atomic E-state index is 11.8. The lowest BCUT2D eigenvalue weighted by molar-refractivity contribution is -0.152. The molecular formula is C11H19NO4. The summed E-state index contributed by atoms with van der Waals surface area (Å²) in [5.74, 6) is -0.348. The predicted molar refractivity (Wildman–Crippen MR) is 57.1 cm³/mol. The van der Waals surface area contributed by atoms with Crippen LogP contribution < -0.4 is 5.32 Å². The quantitative estimate of drug-likeness (QED) is 0.685. The molecule has 0 aliphatic carbocycles. The van der Waals surface area contributed by atoms with E-state index in [-0.39, 0.29) is 24.0 Å². The highest BCUT2D eigenvalue weighted by Gasteiger charge is 2.34. The third kappa shape index (κ3) is 2.72. The van der Waals surface area contributed by atoms with Gasteiger partial charge in [-0.25, -0.2) is 0 Å². The van der Waals surface area contributed by atoms with Crippen molar-refractivity contribution in [2.45, 2.75) is 25.0 Å². The first kappa shape index (κ1) is 11.8. The van der Waals surface area contributed by atoms with Gasteiger partial charge in [0.2, 0.25) is 0 Å². The summed E-state index contributed by atoms with van der Waals surface area (Å²) < 4.78 is 15.9. The molecule has 2 rings (SSSR count). The number of hydrogen-bond acceptors (Lipinski definition) is 5. The second-order valence-corrected chi connectivity index (χ2v) is 4.30. The highest BCUT2D eigenvalue weighted by molar-refractivity contribution is 5.73. The van der Waals surface area contributed by atoms with Crippen molar-refractivity contribution in [2.24, 2.45) is 5.92 Å². The summed E-state index contributed by atoms with van der Waals surface area (Å²) in [5, 5.41) is 3.07. The highest BCUT2D eigenvalue weighted by atomic mass is 16.6. The fraction of sp³-hybridized carbons (Fsp3) is 0.909. The van der Waals surface area contributed by atoms with Crippen LogP contribution >= 0.6 is 0 Å². The van der Waals surface area contributed by atoms with Crippen LogP contribution in [0, 0.1) is 5.92 Å². The summed E-state index contributed by atoms with van der Waals surface area (Å²) in [4.78, 5) is 11.8. The van der Waals surface area contributed by atoms with Crippen LogP contribution in [0.4, 0.5) is 0 Å². The van der Waals surface area contributed by atoms with Gasteiger partial charge in [0.1, 0.15) is 6.61 Å². The van der Waals surface area contributed by atoms with Gasteiger partial charge in [0.15, 0.2) is 0 Å². The second kappa shape index (κ2) is 5.61. The number of ether oxygens (including phenoxy) is 3. The number of esters is 1. The van der Waals surface area contributed by atoms with Gasteiger partial charge in [-0.15, -0.1) is 0 Å². The van der Waals surface area contributed by atoms with Crippen molar-refractivity contribution in [1.29, 1.82) is 0 Å². The lowest BCUT2D eigenvalue weighted by atomic mass is 10.0. The molecule has 1 N–H and O–H groups in total. The Bertz CT molecular complexity index is 240. The first-order chi connectivity index (χ1) is 7.81. The van der Waals surface area contributed by atoms with Crippen molar-refractivity contribution in [2.75, 3.05) is 33.5 Å². The summed E-state index contributed by atoms with van der Waals surface area (Å²) in [6, 6.07) is 0.0806. The van der Waals surface area contributed by atoms with E-state index in [1.807, 2.05) is 7.05 Å². The topological polar surface area (TPSA) is 56.8 Å². The SMILES string of the molecule is CNC1COCC1C(=O)OCC1CCCO1. The fourth-order valence-electron chi connectivity index (χ4n) is 2.13. The molecule has 3 atom stereocenters. The van der Waals surface area contributed by atoms with Crippen LogP contribution in [0.5, 0.6) is 0 Å². The molecule has 0 spiro atoms. The number of rotatable bonds is 4. The smallest absolute Gasteiger partial charge is 0.313 e. The van der Waals surface area contributed by atoms with Crippen LogP contribution in [0.25, 0.3) is 0 Å². The number of likely N-dealkylation sites (N-methyl/N-ethyl adjacent to an activating group) is 1. The van der Waals surface area contributed by atoms with Crippen molar-refractivity contribution in [3.8, 4) is 0 Å². The molecule has 2 heterocycles. The van der Waals surface area contributed by atoms with E-state index in [0.717, 1.165) is 19.4 Å². The van der Waals surface area contributed by atoms with E-state index in [0.29, 0.717) is 19.8 Å². The molecule has 3 unspecified atom stereocenters. The maximum Gasteiger partial charge on any atom is 0.313 e. The minimum atomic E-state index is -0.175. The van der Waals surface area contributed by atoms with Gasteiger partial charge in [0.05, 0.1) is 25.2 Å². The third-order valence-electron chi connectivity index (χ3n) is 3.19. The average molecular weight is 229 g/mol. The largest absolute Gasteiger partial charge is 0.463 e. The van der Waals surface area contributed by atoms with Crippen molar-refractivity contribution in [3.05, 3.63) is 0 Å². The number of carbonyl (C=O) groups excluding carboxylic acids is 1. The van der Waals surface area contributed by atoms with E-state index in [1.165, 1.54) is 0 Å². The molecule has 0 saturated carbocycles. The van der Waals surface area contributed by atoms with Crippen LogP contribution in [0.1, 0.15) is 12.8 Å². The zero-order chi connectivity index (χ0) is 11.4. The molecule has 16 heavy (non-hydrogen) atoms. The molecule has 0 bridgehead atoms. The zero-order valence-electron chi connectivity index (χ0n) is 9.61. The second-order valence-electron chi connectivity index (χ2n) is 4.30. The Morgan fingerprint density at radius 1 is 1.50 bits per heavy atom. The van der Waals surface area contributed by atoms with Crippen LogP contribution in [-0.2, 0) is 19.0 Å². The molecule has 2 saturated heterocycles.